The molecular formula is C20H31N5. The van der Waals surface area contributed by atoms with E-state index in [1.807, 2.05) is 0 Å². The second kappa shape index (κ2) is 7.75. The monoisotopic (exact) mass is 341 g/mol. The summed E-state index contributed by atoms with van der Waals surface area (Å²) < 4.78 is 0. The number of benzene rings is 1. The van der Waals surface area contributed by atoms with E-state index in [-0.39, 0.29) is 0 Å². The van der Waals surface area contributed by atoms with Gasteiger partial charge < -0.3 is 10.6 Å². The lowest BCUT2D eigenvalue weighted by molar-refractivity contribution is 0.0174. The third-order valence-electron chi connectivity index (χ3n) is 5.97. The Morgan fingerprint density at radius 3 is 2.76 bits per heavy atom. The van der Waals surface area contributed by atoms with Gasteiger partial charge in [-0.25, -0.2) is 0 Å². The number of hydrogen-bond donors (Lipinski definition) is 2. The highest BCUT2D eigenvalue weighted by molar-refractivity contribution is 5.79. The topological polar surface area (TPSA) is 42.9 Å². The van der Waals surface area contributed by atoms with Gasteiger partial charge in [-0.05, 0) is 30.9 Å². The van der Waals surface area contributed by atoms with Gasteiger partial charge in [-0.2, -0.15) is 0 Å². The van der Waals surface area contributed by atoms with Crippen LogP contribution in [-0.4, -0.2) is 74.2 Å². The highest BCUT2D eigenvalue weighted by Gasteiger charge is 2.31. The smallest absolute Gasteiger partial charge is 0.191 e. The van der Waals surface area contributed by atoms with Crippen molar-refractivity contribution in [2.24, 2.45) is 4.99 Å². The largest absolute Gasteiger partial charge is 0.357 e. The van der Waals surface area contributed by atoms with Gasteiger partial charge in [0.05, 0.1) is 6.54 Å². The van der Waals surface area contributed by atoms with E-state index >= 15 is 0 Å². The van der Waals surface area contributed by atoms with Gasteiger partial charge in [-0.1, -0.05) is 24.3 Å². The van der Waals surface area contributed by atoms with Crippen molar-refractivity contribution >= 4 is 5.96 Å². The SMILES string of the molecule is CCNC(=NCC1CN2CCN1CC2)NCC1CCc2ccccc21. The predicted octanol–water partition coefficient (Wildman–Crippen LogP) is 1.27. The van der Waals surface area contributed by atoms with Crippen LogP contribution in [-0.2, 0) is 6.42 Å². The zero-order chi connectivity index (χ0) is 17.1. The Balaban J connectivity index is 1.33. The van der Waals surface area contributed by atoms with E-state index in [1.165, 1.54) is 56.7 Å². The van der Waals surface area contributed by atoms with Gasteiger partial charge in [-0.3, -0.25) is 14.8 Å². The second-order valence-electron chi connectivity index (χ2n) is 7.53. The van der Waals surface area contributed by atoms with Crippen LogP contribution in [0.5, 0.6) is 0 Å². The summed E-state index contributed by atoms with van der Waals surface area (Å²) in [7, 11) is 0. The van der Waals surface area contributed by atoms with Gasteiger partial charge in [0.15, 0.2) is 5.96 Å². The van der Waals surface area contributed by atoms with E-state index in [4.69, 9.17) is 4.99 Å². The quantitative estimate of drug-likeness (QED) is 0.625. The first-order valence-corrected chi connectivity index (χ1v) is 9.90. The molecule has 25 heavy (non-hydrogen) atoms. The van der Waals surface area contributed by atoms with E-state index in [1.54, 1.807) is 0 Å². The number of nitrogens with zero attached hydrogens (tertiary/aromatic N) is 3. The van der Waals surface area contributed by atoms with Gasteiger partial charge in [0, 0.05) is 57.8 Å². The fraction of sp³-hybridized carbons (Fsp3) is 0.650. The van der Waals surface area contributed by atoms with Crippen LogP contribution < -0.4 is 10.6 Å². The summed E-state index contributed by atoms with van der Waals surface area (Å²) in [5.41, 5.74) is 3.05. The number of aryl methyl sites for hydroxylation is 1. The molecule has 0 aromatic heterocycles. The van der Waals surface area contributed by atoms with Gasteiger partial charge in [0.1, 0.15) is 0 Å². The van der Waals surface area contributed by atoms with Crippen LogP contribution >= 0.6 is 0 Å². The third kappa shape index (κ3) is 3.82. The molecule has 1 aliphatic carbocycles. The Bertz CT molecular complexity index is 606. The number of fused-ring (bicyclic) bond motifs is 4. The summed E-state index contributed by atoms with van der Waals surface area (Å²) in [5, 5.41) is 7.01. The summed E-state index contributed by atoms with van der Waals surface area (Å²) in [6, 6.07) is 9.47. The van der Waals surface area contributed by atoms with E-state index in [2.05, 4.69) is 51.6 Å². The predicted molar refractivity (Wildman–Crippen MR) is 103 cm³/mol. The van der Waals surface area contributed by atoms with Crippen molar-refractivity contribution in [3.8, 4) is 0 Å². The number of rotatable bonds is 5. The van der Waals surface area contributed by atoms with E-state index in [0.29, 0.717) is 12.0 Å². The van der Waals surface area contributed by atoms with Crippen molar-refractivity contribution in [3.05, 3.63) is 35.4 Å². The molecule has 0 spiro atoms. The zero-order valence-corrected chi connectivity index (χ0v) is 15.4. The van der Waals surface area contributed by atoms with Crippen LogP contribution in [0.4, 0.5) is 0 Å². The van der Waals surface area contributed by atoms with Crippen molar-refractivity contribution in [3.63, 3.8) is 0 Å². The minimum Gasteiger partial charge on any atom is -0.357 e. The molecule has 3 saturated heterocycles. The molecule has 3 fully saturated rings. The lowest BCUT2D eigenvalue weighted by atomic mass is 10.0. The number of hydrogen-bond acceptors (Lipinski definition) is 3. The van der Waals surface area contributed by atoms with E-state index in [9.17, 15) is 0 Å². The lowest BCUT2D eigenvalue weighted by Gasteiger charge is -2.47. The average Bonchev–Trinajstić information content (AvgIpc) is 3.08. The van der Waals surface area contributed by atoms with Gasteiger partial charge in [0.25, 0.3) is 0 Å². The molecule has 136 valence electrons. The summed E-state index contributed by atoms with van der Waals surface area (Å²) in [6.45, 7) is 11.0. The maximum atomic E-state index is 4.90. The zero-order valence-electron chi connectivity index (χ0n) is 15.4. The van der Waals surface area contributed by atoms with E-state index < -0.39 is 0 Å². The van der Waals surface area contributed by atoms with Gasteiger partial charge in [0.2, 0.25) is 0 Å². The lowest BCUT2D eigenvalue weighted by Crippen LogP contribution is -2.62. The Labute approximate surface area is 151 Å². The molecule has 5 nitrogen and oxygen atoms in total. The fourth-order valence-electron chi connectivity index (χ4n) is 4.51. The molecule has 5 rings (SSSR count). The summed E-state index contributed by atoms with van der Waals surface area (Å²) in [4.78, 5) is 10.1. The minimum atomic E-state index is 0.588. The molecule has 1 aromatic carbocycles. The maximum absolute atomic E-state index is 4.90. The van der Waals surface area contributed by atoms with Crippen molar-refractivity contribution in [1.29, 1.82) is 0 Å². The van der Waals surface area contributed by atoms with Gasteiger partial charge in [-0.15, -0.1) is 0 Å². The first-order chi connectivity index (χ1) is 12.3. The molecule has 3 heterocycles. The van der Waals surface area contributed by atoms with Crippen molar-refractivity contribution in [2.75, 3.05) is 52.4 Å². The van der Waals surface area contributed by atoms with Crippen LogP contribution in [0.1, 0.15) is 30.4 Å². The Morgan fingerprint density at radius 1 is 1.16 bits per heavy atom. The summed E-state index contributed by atoms with van der Waals surface area (Å²) >= 11 is 0. The van der Waals surface area contributed by atoms with Crippen LogP contribution in [0, 0.1) is 0 Å². The second-order valence-corrected chi connectivity index (χ2v) is 7.53. The molecule has 2 unspecified atom stereocenters. The molecule has 0 saturated carbocycles. The van der Waals surface area contributed by atoms with Crippen molar-refractivity contribution in [1.82, 2.24) is 20.4 Å². The molecule has 0 amide bonds. The van der Waals surface area contributed by atoms with Crippen LogP contribution in [0.3, 0.4) is 0 Å². The first kappa shape index (κ1) is 16.9. The molecule has 1 aromatic rings. The normalized spacial score (nSPS) is 31.0. The molecule has 3 aliphatic heterocycles. The van der Waals surface area contributed by atoms with Gasteiger partial charge >= 0.3 is 0 Å². The number of piperazine rings is 3. The molecule has 2 bridgehead atoms. The van der Waals surface area contributed by atoms with Crippen LogP contribution in [0.2, 0.25) is 0 Å². The highest BCUT2D eigenvalue weighted by Crippen LogP contribution is 2.32. The number of aliphatic imine (C=N–C) groups is 1. The summed E-state index contributed by atoms with van der Waals surface area (Å²) in [6.07, 6.45) is 2.46. The molecule has 2 atom stereocenters. The first-order valence-electron chi connectivity index (χ1n) is 9.90. The van der Waals surface area contributed by atoms with Crippen LogP contribution in [0.15, 0.2) is 29.3 Å². The molecule has 0 radical (unpaired) electrons. The maximum Gasteiger partial charge on any atom is 0.191 e. The molecule has 2 N–H and O–H groups in total. The van der Waals surface area contributed by atoms with E-state index in [0.717, 1.165) is 25.6 Å². The Kier molecular flexibility index (Phi) is 5.22. The highest BCUT2D eigenvalue weighted by atomic mass is 15.3. The Hall–Kier alpha value is -1.59. The summed E-state index contributed by atoms with van der Waals surface area (Å²) in [5.74, 6) is 1.59. The van der Waals surface area contributed by atoms with Crippen molar-refractivity contribution < 1.29 is 0 Å². The fourth-order valence-corrected chi connectivity index (χ4v) is 4.51. The average molecular weight is 342 g/mol. The number of nitrogens with one attached hydrogen (secondary N) is 2. The Morgan fingerprint density at radius 2 is 2.00 bits per heavy atom. The third-order valence-corrected chi connectivity index (χ3v) is 5.97. The van der Waals surface area contributed by atoms with Crippen molar-refractivity contribution in [2.45, 2.75) is 31.7 Å². The molecular weight excluding hydrogens is 310 g/mol. The molecule has 4 aliphatic rings. The molecule has 5 heteroatoms. The number of guanidine groups is 1. The van der Waals surface area contributed by atoms with Crippen LogP contribution in [0.25, 0.3) is 0 Å². The standard InChI is InChI=1S/C20H31N5/c1-2-21-20(23-14-18-15-24-9-11-25(18)12-10-24)22-13-17-8-7-16-5-3-4-6-19(16)17/h3-6,17-18H,2,7-15H2,1H3,(H2,21,22,23). The minimum absolute atomic E-state index is 0.588.